The Morgan fingerprint density at radius 3 is 2.62 bits per heavy atom. The molecule has 13 heavy (non-hydrogen) atoms. The van der Waals surface area contributed by atoms with Gasteiger partial charge in [0.2, 0.25) is 0 Å². The molecule has 3 heteroatoms. The summed E-state index contributed by atoms with van der Waals surface area (Å²) in [5.41, 5.74) is 1.36. The lowest BCUT2D eigenvalue weighted by Gasteiger charge is -2.07. The molecular formula is C10H10BrFO. The molecule has 0 amide bonds. The standard InChI is InChI=1S/C10H10BrFO/c1-6-5-8(3-4-9(6)12)10(11)7(2)13/h3-5,10H,1-2H3. The fourth-order valence-corrected chi connectivity index (χ4v) is 1.35. The molecule has 1 rings (SSSR count). The number of ketones is 1. The van der Waals surface area contributed by atoms with Gasteiger partial charge in [-0.3, -0.25) is 4.79 Å². The van der Waals surface area contributed by atoms with Gasteiger partial charge in [0, 0.05) is 0 Å². The largest absolute Gasteiger partial charge is 0.298 e. The van der Waals surface area contributed by atoms with Gasteiger partial charge in [0.1, 0.15) is 11.6 Å². The topological polar surface area (TPSA) is 17.1 Å². The summed E-state index contributed by atoms with van der Waals surface area (Å²) in [6.45, 7) is 3.18. The maximum Gasteiger partial charge on any atom is 0.147 e. The predicted octanol–water partition coefficient (Wildman–Crippen LogP) is 3.16. The van der Waals surface area contributed by atoms with Crippen molar-refractivity contribution in [3.63, 3.8) is 0 Å². The van der Waals surface area contributed by atoms with Crippen LogP contribution in [0.1, 0.15) is 22.9 Å². The molecule has 70 valence electrons. The van der Waals surface area contributed by atoms with E-state index in [0.717, 1.165) is 5.56 Å². The molecule has 1 unspecified atom stereocenters. The minimum atomic E-state index is -0.327. The van der Waals surface area contributed by atoms with E-state index >= 15 is 0 Å². The van der Waals surface area contributed by atoms with Gasteiger partial charge in [-0.15, -0.1) is 0 Å². The molecule has 1 nitrogen and oxygen atoms in total. The second kappa shape index (κ2) is 4.01. The molecule has 0 heterocycles. The lowest BCUT2D eigenvalue weighted by Crippen LogP contribution is -2.01. The van der Waals surface area contributed by atoms with Crippen LogP contribution in [0.5, 0.6) is 0 Å². The fourth-order valence-electron chi connectivity index (χ4n) is 1.06. The number of alkyl halides is 1. The number of hydrogen-bond donors (Lipinski definition) is 0. The molecule has 0 saturated carbocycles. The Balaban J connectivity index is 3.03. The number of aryl methyl sites for hydroxylation is 1. The van der Waals surface area contributed by atoms with Crippen molar-refractivity contribution in [1.29, 1.82) is 0 Å². The SMILES string of the molecule is CC(=O)C(Br)c1ccc(F)c(C)c1. The van der Waals surface area contributed by atoms with E-state index in [0.29, 0.717) is 5.56 Å². The summed E-state index contributed by atoms with van der Waals surface area (Å²) in [6, 6.07) is 4.67. The van der Waals surface area contributed by atoms with E-state index in [1.54, 1.807) is 19.1 Å². The third-order valence-electron chi connectivity index (χ3n) is 1.83. The minimum absolute atomic E-state index is 0.0195. The van der Waals surface area contributed by atoms with Crippen LogP contribution in [0.3, 0.4) is 0 Å². The molecule has 0 aliphatic carbocycles. The van der Waals surface area contributed by atoms with Crippen LogP contribution in [0.15, 0.2) is 18.2 Å². The number of carbonyl (C=O) groups is 1. The monoisotopic (exact) mass is 244 g/mol. The van der Waals surface area contributed by atoms with Crippen LogP contribution >= 0.6 is 15.9 Å². The Kier molecular flexibility index (Phi) is 3.20. The summed E-state index contributed by atoms with van der Waals surface area (Å²) < 4.78 is 12.9. The quantitative estimate of drug-likeness (QED) is 0.731. The first-order valence-corrected chi connectivity index (χ1v) is 4.84. The number of hydrogen-bond acceptors (Lipinski definition) is 1. The first-order valence-electron chi connectivity index (χ1n) is 3.93. The average molecular weight is 245 g/mol. The van der Waals surface area contributed by atoms with Gasteiger partial charge in [-0.1, -0.05) is 28.1 Å². The molecule has 0 aromatic heterocycles. The van der Waals surface area contributed by atoms with Gasteiger partial charge in [-0.25, -0.2) is 4.39 Å². The number of Topliss-reactive ketones (excluding diaryl/α,β-unsaturated/α-hetero) is 1. The van der Waals surface area contributed by atoms with Crippen molar-refractivity contribution in [3.8, 4) is 0 Å². The Morgan fingerprint density at radius 2 is 2.15 bits per heavy atom. The number of carbonyl (C=O) groups excluding carboxylic acids is 1. The van der Waals surface area contributed by atoms with E-state index < -0.39 is 0 Å². The number of benzene rings is 1. The molecular weight excluding hydrogens is 235 g/mol. The van der Waals surface area contributed by atoms with Gasteiger partial charge in [-0.2, -0.15) is 0 Å². The summed E-state index contributed by atoms with van der Waals surface area (Å²) in [6.07, 6.45) is 0. The fraction of sp³-hybridized carbons (Fsp3) is 0.300. The molecule has 0 radical (unpaired) electrons. The summed E-state index contributed by atoms with van der Waals surface area (Å²) in [5, 5.41) is 0. The van der Waals surface area contributed by atoms with Crippen molar-refractivity contribution >= 4 is 21.7 Å². The maximum atomic E-state index is 12.9. The van der Waals surface area contributed by atoms with Crippen LogP contribution < -0.4 is 0 Å². The molecule has 0 aliphatic heterocycles. The second-order valence-corrected chi connectivity index (χ2v) is 3.90. The van der Waals surface area contributed by atoms with E-state index in [-0.39, 0.29) is 16.4 Å². The van der Waals surface area contributed by atoms with Gasteiger partial charge in [0.05, 0.1) is 4.83 Å². The lowest BCUT2D eigenvalue weighted by atomic mass is 10.1. The number of rotatable bonds is 2. The van der Waals surface area contributed by atoms with Crippen LogP contribution in [0.2, 0.25) is 0 Å². The highest BCUT2D eigenvalue weighted by Crippen LogP contribution is 2.24. The van der Waals surface area contributed by atoms with E-state index in [1.165, 1.54) is 13.0 Å². The summed E-state index contributed by atoms with van der Waals surface area (Å²) >= 11 is 3.24. The second-order valence-electron chi connectivity index (χ2n) is 2.98. The van der Waals surface area contributed by atoms with Crippen LogP contribution in [0.4, 0.5) is 4.39 Å². The molecule has 1 aromatic carbocycles. The molecule has 0 N–H and O–H groups in total. The van der Waals surface area contributed by atoms with E-state index in [1.807, 2.05) is 0 Å². The van der Waals surface area contributed by atoms with Crippen molar-refractivity contribution in [3.05, 3.63) is 35.1 Å². The normalized spacial score (nSPS) is 12.6. The van der Waals surface area contributed by atoms with Crippen molar-refractivity contribution in [1.82, 2.24) is 0 Å². The highest BCUT2D eigenvalue weighted by Gasteiger charge is 2.12. The Bertz CT molecular complexity index is 336. The third kappa shape index (κ3) is 2.37. The molecule has 1 atom stereocenters. The maximum absolute atomic E-state index is 12.9. The van der Waals surface area contributed by atoms with E-state index in [4.69, 9.17) is 0 Å². The van der Waals surface area contributed by atoms with Crippen LogP contribution in [0.25, 0.3) is 0 Å². The molecule has 0 fully saturated rings. The van der Waals surface area contributed by atoms with Crippen LogP contribution in [-0.4, -0.2) is 5.78 Å². The Morgan fingerprint density at radius 1 is 1.54 bits per heavy atom. The van der Waals surface area contributed by atoms with Crippen molar-refractivity contribution in [2.75, 3.05) is 0 Å². The number of halogens is 2. The van der Waals surface area contributed by atoms with Crippen molar-refractivity contribution in [2.45, 2.75) is 18.7 Å². The third-order valence-corrected chi connectivity index (χ3v) is 3.00. The molecule has 0 saturated heterocycles. The molecule has 0 bridgehead atoms. The van der Waals surface area contributed by atoms with Crippen molar-refractivity contribution in [2.24, 2.45) is 0 Å². The zero-order valence-corrected chi connectivity index (χ0v) is 9.06. The van der Waals surface area contributed by atoms with Gasteiger partial charge < -0.3 is 0 Å². The smallest absolute Gasteiger partial charge is 0.147 e. The van der Waals surface area contributed by atoms with Gasteiger partial charge >= 0.3 is 0 Å². The zero-order chi connectivity index (χ0) is 10.0. The summed E-state index contributed by atoms with van der Waals surface area (Å²) in [5.74, 6) is -0.224. The highest BCUT2D eigenvalue weighted by atomic mass is 79.9. The molecule has 0 aliphatic rings. The minimum Gasteiger partial charge on any atom is -0.298 e. The van der Waals surface area contributed by atoms with Gasteiger partial charge in [0.25, 0.3) is 0 Å². The summed E-state index contributed by atoms with van der Waals surface area (Å²) in [7, 11) is 0. The summed E-state index contributed by atoms with van der Waals surface area (Å²) in [4.78, 5) is 10.7. The van der Waals surface area contributed by atoms with Gasteiger partial charge in [-0.05, 0) is 31.0 Å². The Labute approximate surface area is 85.1 Å². The Hall–Kier alpha value is -0.700. The first kappa shape index (κ1) is 10.4. The van der Waals surface area contributed by atoms with Crippen molar-refractivity contribution < 1.29 is 9.18 Å². The first-order chi connectivity index (χ1) is 6.02. The average Bonchev–Trinajstić information content (AvgIpc) is 2.08. The van der Waals surface area contributed by atoms with E-state index in [9.17, 15) is 9.18 Å². The predicted molar refractivity (Wildman–Crippen MR) is 53.5 cm³/mol. The van der Waals surface area contributed by atoms with Gasteiger partial charge in [0.15, 0.2) is 0 Å². The zero-order valence-electron chi connectivity index (χ0n) is 7.47. The van der Waals surface area contributed by atoms with E-state index in [2.05, 4.69) is 15.9 Å². The van der Waals surface area contributed by atoms with Crippen LogP contribution in [0, 0.1) is 12.7 Å². The molecule has 0 spiro atoms. The highest BCUT2D eigenvalue weighted by molar-refractivity contribution is 9.09. The van der Waals surface area contributed by atoms with Crippen LogP contribution in [-0.2, 0) is 4.79 Å². The molecule has 1 aromatic rings. The lowest BCUT2D eigenvalue weighted by molar-refractivity contribution is -0.116.